The van der Waals surface area contributed by atoms with Crippen LogP contribution in [0.1, 0.15) is 15.9 Å². The van der Waals surface area contributed by atoms with Gasteiger partial charge in [0.05, 0.1) is 10.6 Å². The van der Waals surface area contributed by atoms with E-state index in [1.54, 1.807) is 30.3 Å². The van der Waals surface area contributed by atoms with Crippen molar-refractivity contribution >= 4 is 27.6 Å². The standard InChI is InChI=1S/C21H17NO5S/c23-17-7-4-8-19(13-17)28(26,27)22-20-14-18(24)11-9-15(20)10-12-21(25)16-5-2-1-3-6-16/h1-14,22-24H/b12-10+. The Balaban J connectivity index is 1.91. The third-order valence-corrected chi connectivity index (χ3v) is 5.24. The number of nitrogens with one attached hydrogen (secondary N) is 1. The van der Waals surface area contributed by atoms with E-state index in [2.05, 4.69) is 4.72 Å². The van der Waals surface area contributed by atoms with Gasteiger partial charge in [-0.05, 0) is 42.0 Å². The summed E-state index contributed by atoms with van der Waals surface area (Å²) >= 11 is 0. The molecule has 0 aliphatic carbocycles. The van der Waals surface area contributed by atoms with Crippen molar-refractivity contribution in [3.05, 3.63) is 90.0 Å². The summed E-state index contributed by atoms with van der Waals surface area (Å²) in [7, 11) is -4.01. The van der Waals surface area contributed by atoms with Gasteiger partial charge in [-0.2, -0.15) is 0 Å². The summed E-state index contributed by atoms with van der Waals surface area (Å²) in [5, 5.41) is 19.3. The van der Waals surface area contributed by atoms with Gasteiger partial charge in [-0.15, -0.1) is 0 Å². The van der Waals surface area contributed by atoms with Gasteiger partial charge in [-0.3, -0.25) is 9.52 Å². The molecule has 3 aromatic carbocycles. The third-order valence-electron chi connectivity index (χ3n) is 3.88. The van der Waals surface area contributed by atoms with Crippen LogP contribution in [0.25, 0.3) is 6.08 Å². The predicted octanol–water partition coefficient (Wildman–Crippen LogP) is 3.79. The molecule has 0 fully saturated rings. The highest BCUT2D eigenvalue weighted by Crippen LogP contribution is 2.27. The predicted molar refractivity (Wildman–Crippen MR) is 107 cm³/mol. The Morgan fingerprint density at radius 2 is 1.57 bits per heavy atom. The first kappa shape index (κ1) is 19.2. The van der Waals surface area contributed by atoms with Crippen LogP contribution in [0, 0.1) is 0 Å². The van der Waals surface area contributed by atoms with Crippen LogP contribution >= 0.6 is 0 Å². The number of ketones is 1. The quantitative estimate of drug-likeness (QED) is 0.435. The molecule has 0 aliphatic heterocycles. The minimum Gasteiger partial charge on any atom is -0.508 e. The Morgan fingerprint density at radius 3 is 2.29 bits per heavy atom. The highest BCUT2D eigenvalue weighted by Gasteiger charge is 2.16. The molecule has 7 heteroatoms. The second-order valence-electron chi connectivity index (χ2n) is 5.94. The van der Waals surface area contributed by atoms with Gasteiger partial charge in [0.2, 0.25) is 0 Å². The van der Waals surface area contributed by atoms with Crippen LogP contribution < -0.4 is 4.72 Å². The number of carbonyl (C=O) groups excluding carboxylic acids is 1. The van der Waals surface area contributed by atoms with Crippen molar-refractivity contribution in [1.82, 2.24) is 0 Å². The van der Waals surface area contributed by atoms with Gasteiger partial charge in [-0.1, -0.05) is 36.4 Å². The molecular formula is C21H17NO5S. The van der Waals surface area contributed by atoms with E-state index in [9.17, 15) is 23.4 Å². The van der Waals surface area contributed by atoms with E-state index < -0.39 is 10.0 Å². The lowest BCUT2D eigenvalue weighted by Crippen LogP contribution is -2.13. The summed E-state index contributed by atoms with van der Waals surface area (Å²) in [5.41, 5.74) is 0.991. The molecule has 0 heterocycles. The first-order valence-electron chi connectivity index (χ1n) is 8.27. The Labute approximate surface area is 162 Å². The van der Waals surface area contributed by atoms with Gasteiger partial charge in [0, 0.05) is 17.7 Å². The van der Waals surface area contributed by atoms with Crippen molar-refractivity contribution in [3.8, 4) is 11.5 Å². The van der Waals surface area contributed by atoms with Crippen LogP contribution in [-0.4, -0.2) is 24.4 Å². The maximum Gasteiger partial charge on any atom is 0.262 e. The Hall–Kier alpha value is -3.58. The summed E-state index contributed by atoms with van der Waals surface area (Å²) in [4.78, 5) is 12.1. The molecule has 0 aromatic heterocycles. The van der Waals surface area contributed by atoms with Crippen molar-refractivity contribution in [3.63, 3.8) is 0 Å². The lowest BCUT2D eigenvalue weighted by Gasteiger charge is -2.11. The fraction of sp³-hybridized carbons (Fsp3) is 0. The molecule has 6 nitrogen and oxygen atoms in total. The van der Waals surface area contributed by atoms with Crippen LogP contribution in [0.15, 0.2) is 83.8 Å². The van der Waals surface area contributed by atoms with Crippen molar-refractivity contribution in [2.24, 2.45) is 0 Å². The summed E-state index contributed by atoms with van der Waals surface area (Å²) < 4.78 is 27.5. The summed E-state index contributed by atoms with van der Waals surface area (Å²) in [6.45, 7) is 0. The van der Waals surface area contributed by atoms with Gasteiger partial charge in [0.15, 0.2) is 5.78 Å². The second kappa shape index (κ2) is 7.98. The second-order valence-corrected chi connectivity index (χ2v) is 7.62. The van der Waals surface area contributed by atoms with E-state index in [1.165, 1.54) is 48.6 Å². The maximum atomic E-state index is 12.6. The molecule has 0 amide bonds. The van der Waals surface area contributed by atoms with E-state index in [4.69, 9.17) is 0 Å². The zero-order valence-electron chi connectivity index (χ0n) is 14.6. The Kier molecular flexibility index (Phi) is 5.47. The number of hydrogen-bond donors (Lipinski definition) is 3. The largest absolute Gasteiger partial charge is 0.508 e. The molecule has 0 radical (unpaired) electrons. The van der Waals surface area contributed by atoms with E-state index >= 15 is 0 Å². The maximum absolute atomic E-state index is 12.6. The van der Waals surface area contributed by atoms with Crippen molar-refractivity contribution in [2.75, 3.05) is 4.72 Å². The fourth-order valence-corrected chi connectivity index (χ4v) is 3.61. The molecular weight excluding hydrogens is 378 g/mol. The lowest BCUT2D eigenvalue weighted by atomic mass is 10.1. The van der Waals surface area contributed by atoms with Crippen LogP contribution in [0.5, 0.6) is 11.5 Å². The first-order chi connectivity index (χ1) is 13.3. The molecule has 3 aromatic rings. The summed E-state index contributed by atoms with van der Waals surface area (Å²) in [5.74, 6) is -0.567. The molecule has 0 saturated heterocycles. The molecule has 3 rings (SSSR count). The van der Waals surface area contributed by atoms with E-state index in [-0.39, 0.29) is 27.9 Å². The zero-order chi connectivity index (χ0) is 20.1. The topological polar surface area (TPSA) is 104 Å². The number of rotatable bonds is 6. The van der Waals surface area contributed by atoms with Crippen molar-refractivity contribution in [2.45, 2.75) is 4.90 Å². The number of anilines is 1. The number of sulfonamides is 1. The number of allylic oxidation sites excluding steroid dienone is 1. The van der Waals surface area contributed by atoms with Gasteiger partial charge < -0.3 is 10.2 Å². The average molecular weight is 395 g/mol. The first-order valence-corrected chi connectivity index (χ1v) is 9.76. The van der Waals surface area contributed by atoms with Crippen molar-refractivity contribution < 1.29 is 23.4 Å². The molecule has 0 aliphatic rings. The average Bonchev–Trinajstić information content (AvgIpc) is 2.67. The Bertz CT molecular complexity index is 1140. The number of carbonyl (C=O) groups is 1. The van der Waals surface area contributed by atoms with E-state index in [0.29, 0.717) is 11.1 Å². The molecule has 3 N–H and O–H groups in total. The van der Waals surface area contributed by atoms with Crippen molar-refractivity contribution in [1.29, 1.82) is 0 Å². The highest BCUT2D eigenvalue weighted by molar-refractivity contribution is 7.92. The van der Waals surface area contributed by atoms with Crippen LogP contribution in [0.3, 0.4) is 0 Å². The number of aromatic hydroxyl groups is 2. The Morgan fingerprint density at radius 1 is 0.857 bits per heavy atom. The van der Waals surface area contributed by atoms with Crippen LogP contribution in [0.2, 0.25) is 0 Å². The molecule has 0 bridgehead atoms. The molecule has 142 valence electrons. The monoisotopic (exact) mass is 395 g/mol. The van der Waals surface area contributed by atoms with E-state index in [0.717, 1.165) is 6.07 Å². The SMILES string of the molecule is O=C(/C=C/c1ccc(O)cc1NS(=O)(=O)c1cccc(O)c1)c1ccccc1. The molecule has 0 saturated carbocycles. The van der Waals surface area contributed by atoms with Crippen LogP contribution in [-0.2, 0) is 10.0 Å². The van der Waals surface area contributed by atoms with E-state index in [1.807, 2.05) is 0 Å². The fourth-order valence-electron chi connectivity index (χ4n) is 2.50. The third kappa shape index (κ3) is 4.57. The van der Waals surface area contributed by atoms with Gasteiger partial charge >= 0.3 is 0 Å². The minimum absolute atomic E-state index is 0.0976. The van der Waals surface area contributed by atoms with Crippen LogP contribution in [0.4, 0.5) is 5.69 Å². The molecule has 0 atom stereocenters. The number of phenolic OH excluding ortho intramolecular Hbond substituents is 2. The normalized spacial score (nSPS) is 11.4. The molecule has 0 spiro atoms. The molecule has 28 heavy (non-hydrogen) atoms. The lowest BCUT2D eigenvalue weighted by molar-refractivity contribution is 0.104. The number of phenols is 2. The highest BCUT2D eigenvalue weighted by atomic mass is 32.2. The number of benzene rings is 3. The molecule has 0 unspecified atom stereocenters. The summed E-state index contributed by atoms with van der Waals surface area (Å²) in [6, 6.07) is 18.0. The summed E-state index contributed by atoms with van der Waals surface area (Å²) in [6.07, 6.45) is 2.79. The van der Waals surface area contributed by atoms with Gasteiger partial charge in [0.1, 0.15) is 11.5 Å². The smallest absolute Gasteiger partial charge is 0.262 e. The van der Waals surface area contributed by atoms with Gasteiger partial charge in [0.25, 0.3) is 10.0 Å². The zero-order valence-corrected chi connectivity index (χ0v) is 15.4. The minimum atomic E-state index is -4.01. The van der Waals surface area contributed by atoms with Gasteiger partial charge in [-0.25, -0.2) is 8.42 Å². The number of hydrogen-bond acceptors (Lipinski definition) is 5.